The van der Waals surface area contributed by atoms with Crippen molar-refractivity contribution in [2.24, 2.45) is 0 Å². The Labute approximate surface area is 188 Å². The Balaban J connectivity index is 1.73. The number of phenols is 2. The van der Waals surface area contributed by atoms with Crippen LogP contribution in [0.2, 0.25) is 0 Å². The van der Waals surface area contributed by atoms with E-state index in [1.165, 1.54) is 28.8 Å². The molecule has 3 aromatic carbocycles. The lowest BCUT2D eigenvalue weighted by molar-refractivity contribution is 0.446. The van der Waals surface area contributed by atoms with Crippen molar-refractivity contribution in [2.75, 3.05) is 19.0 Å². The fourth-order valence-electron chi connectivity index (χ4n) is 3.65. The van der Waals surface area contributed by atoms with E-state index >= 15 is 0 Å². The molecule has 9 heteroatoms. The monoisotopic (exact) mass is 452 g/mol. The summed E-state index contributed by atoms with van der Waals surface area (Å²) in [5.41, 5.74) is 1.39. The highest BCUT2D eigenvalue weighted by Crippen LogP contribution is 2.35. The van der Waals surface area contributed by atoms with Crippen LogP contribution in [0.3, 0.4) is 0 Å². The van der Waals surface area contributed by atoms with Gasteiger partial charge < -0.3 is 15.1 Å². The lowest BCUT2D eigenvalue weighted by Crippen LogP contribution is -2.16. The van der Waals surface area contributed by atoms with Gasteiger partial charge >= 0.3 is 5.69 Å². The van der Waals surface area contributed by atoms with E-state index in [4.69, 9.17) is 0 Å². The van der Waals surface area contributed by atoms with Gasteiger partial charge in [0, 0.05) is 31.4 Å². The van der Waals surface area contributed by atoms with Crippen LogP contribution in [0.15, 0.2) is 59.4 Å². The van der Waals surface area contributed by atoms with Crippen molar-refractivity contribution < 1.29 is 19.0 Å². The largest absolute Gasteiger partial charge is 0.508 e. The second-order valence-corrected chi connectivity index (χ2v) is 7.80. The maximum Gasteiger partial charge on any atom is 0.348 e. The lowest BCUT2D eigenvalue weighted by Gasteiger charge is -2.14. The molecule has 4 rings (SSSR count). The summed E-state index contributed by atoms with van der Waals surface area (Å²) in [7, 11) is 3.79. The first-order valence-electron chi connectivity index (χ1n) is 10.2. The van der Waals surface area contributed by atoms with Crippen LogP contribution in [0.4, 0.5) is 14.5 Å². The summed E-state index contributed by atoms with van der Waals surface area (Å²) in [5.74, 6) is -1.73. The summed E-state index contributed by atoms with van der Waals surface area (Å²) in [4.78, 5) is 14.4. The van der Waals surface area contributed by atoms with Crippen molar-refractivity contribution in [1.29, 1.82) is 0 Å². The van der Waals surface area contributed by atoms with Crippen LogP contribution in [0.1, 0.15) is 11.1 Å². The van der Waals surface area contributed by atoms with Gasteiger partial charge in [-0.15, -0.1) is 0 Å². The number of aryl methyl sites for hydroxylation is 1. The van der Waals surface area contributed by atoms with Crippen LogP contribution in [0, 0.1) is 11.6 Å². The first-order valence-corrected chi connectivity index (χ1v) is 10.2. The average molecular weight is 452 g/mol. The Morgan fingerprint density at radius 2 is 1.64 bits per heavy atom. The SMILES string of the molecule is CN(C)c1ccc(-n2c(-c3cc(CCc4c(F)cccc4F)c(O)cc3O)n[nH]c2=O)cc1. The summed E-state index contributed by atoms with van der Waals surface area (Å²) in [6.07, 6.45) is 0.0960. The van der Waals surface area contributed by atoms with Gasteiger partial charge in [0.2, 0.25) is 0 Å². The number of aromatic amines is 1. The number of hydrogen-bond donors (Lipinski definition) is 3. The summed E-state index contributed by atoms with van der Waals surface area (Å²) in [6, 6.07) is 13.4. The van der Waals surface area contributed by atoms with Crippen LogP contribution in [-0.4, -0.2) is 39.1 Å². The maximum absolute atomic E-state index is 14.0. The first-order chi connectivity index (χ1) is 15.8. The van der Waals surface area contributed by atoms with E-state index in [1.807, 2.05) is 31.1 Å². The zero-order valence-corrected chi connectivity index (χ0v) is 18.0. The molecule has 0 aliphatic carbocycles. The number of nitrogens with zero attached hydrogens (tertiary/aromatic N) is 3. The summed E-state index contributed by atoms with van der Waals surface area (Å²) >= 11 is 0. The van der Waals surface area contributed by atoms with Crippen molar-refractivity contribution in [3.8, 4) is 28.6 Å². The van der Waals surface area contributed by atoms with Crippen LogP contribution in [0.5, 0.6) is 11.5 Å². The molecule has 1 heterocycles. The standard InChI is InChI=1S/C24H22F2N4O3/c1-29(2)15-7-9-16(10-8-15)30-23(27-28-24(30)33)18-12-14(21(31)13-22(18)32)6-11-17-19(25)4-3-5-20(17)26/h3-5,7-10,12-13,31-32H,6,11H2,1-2H3,(H,28,33). The number of anilines is 1. The Bertz CT molecular complexity index is 1340. The smallest absolute Gasteiger partial charge is 0.348 e. The zero-order valence-electron chi connectivity index (χ0n) is 18.0. The molecule has 0 amide bonds. The van der Waals surface area contributed by atoms with Gasteiger partial charge in [0.25, 0.3) is 0 Å². The molecular formula is C24H22F2N4O3. The third kappa shape index (κ3) is 4.30. The lowest BCUT2D eigenvalue weighted by atomic mass is 10.00. The topological polar surface area (TPSA) is 94.4 Å². The number of aromatic hydroxyl groups is 2. The van der Waals surface area contributed by atoms with E-state index < -0.39 is 17.3 Å². The number of halogens is 2. The first kappa shape index (κ1) is 22.1. The Kier molecular flexibility index (Phi) is 5.87. The number of hydrogen-bond acceptors (Lipinski definition) is 5. The average Bonchev–Trinajstić information content (AvgIpc) is 3.15. The molecule has 0 atom stereocenters. The molecule has 0 fully saturated rings. The molecule has 0 aliphatic heterocycles. The summed E-state index contributed by atoms with van der Waals surface area (Å²) < 4.78 is 29.3. The summed E-state index contributed by atoms with van der Waals surface area (Å²) in [6.45, 7) is 0. The van der Waals surface area contributed by atoms with Gasteiger partial charge in [0.1, 0.15) is 23.1 Å². The molecule has 0 saturated carbocycles. The molecule has 0 unspecified atom stereocenters. The molecule has 1 aromatic heterocycles. The fraction of sp³-hybridized carbons (Fsp3) is 0.167. The maximum atomic E-state index is 14.0. The second kappa shape index (κ2) is 8.78. The number of phenolic OH excluding ortho intramolecular Hbond substituents is 2. The van der Waals surface area contributed by atoms with E-state index in [0.717, 1.165) is 11.8 Å². The van der Waals surface area contributed by atoms with Gasteiger partial charge in [-0.2, -0.15) is 5.10 Å². The second-order valence-electron chi connectivity index (χ2n) is 7.80. The minimum atomic E-state index is -0.671. The van der Waals surface area contributed by atoms with Gasteiger partial charge in [-0.05, 0) is 60.9 Å². The molecule has 0 radical (unpaired) electrons. The predicted octanol–water partition coefficient (Wildman–Crippen LogP) is 3.77. The Morgan fingerprint density at radius 1 is 0.970 bits per heavy atom. The Hall–Kier alpha value is -4.14. The molecule has 0 bridgehead atoms. The van der Waals surface area contributed by atoms with E-state index in [1.54, 1.807) is 12.1 Å². The number of nitrogens with one attached hydrogen (secondary N) is 1. The molecular weight excluding hydrogens is 430 g/mol. The number of rotatable bonds is 6. The van der Waals surface area contributed by atoms with Gasteiger partial charge in [-0.25, -0.2) is 23.2 Å². The number of benzene rings is 3. The van der Waals surface area contributed by atoms with Crippen molar-refractivity contribution in [3.63, 3.8) is 0 Å². The minimum Gasteiger partial charge on any atom is -0.508 e. The molecule has 4 aromatic rings. The van der Waals surface area contributed by atoms with Gasteiger partial charge in [-0.3, -0.25) is 0 Å². The minimum absolute atomic E-state index is 0.00431. The Morgan fingerprint density at radius 3 is 2.27 bits per heavy atom. The van der Waals surface area contributed by atoms with Crippen LogP contribution >= 0.6 is 0 Å². The molecule has 0 spiro atoms. The molecule has 0 saturated heterocycles. The molecule has 7 nitrogen and oxygen atoms in total. The zero-order chi connectivity index (χ0) is 23.7. The van der Waals surface area contributed by atoms with E-state index in [0.29, 0.717) is 11.3 Å². The third-order valence-electron chi connectivity index (χ3n) is 5.44. The van der Waals surface area contributed by atoms with Gasteiger partial charge in [-0.1, -0.05) is 6.07 Å². The van der Waals surface area contributed by atoms with Crippen molar-refractivity contribution in [2.45, 2.75) is 12.8 Å². The van der Waals surface area contributed by atoms with Crippen molar-refractivity contribution >= 4 is 5.69 Å². The van der Waals surface area contributed by atoms with Gasteiger partial charge in [0.15, 0.2) is 5.82 Å². The van der Waals surface area contributed by atoms with Gasteiger partial charge in [0.05, 0.1) is 11.3 Å². The molecule has 3 N–H and O–H groups in total. The molecule has 33 heavy (non-hydrogen) atoms. The van der Waals surface area contributed by atoms with Crippen LogP contribution < -0.4 is 10.6 Å². The molecule has 170 valence electrons. The highest BCUT2D eigenvalue weighted by atomic mass is 19.1. The number of aromatic nitrogens is 3. The summed E-state index contributed by atoms with van der Waals surface area (Å²) in [5, 5.41) is 27.2. The third-order valence-corrected chi connectivity index (χ3v) is 5.44. The highest BCUT2D eigenvalue weighted by molar-refractivity contribution is 5.69. The normalized spacial score (nSPS) is 11.0. The quantitative estimate of drug-likeness (QED) is 0.414. The van der Waals surface area contributed by atoms with Crippen LogP contribution in [-0.2, 0) is 12.8 Å². The van der Waals surface area contributed by atoms with Crippen molar-refractivity contribution in [3.05, 3.63) is 87.8 Å². The number of H-pyrrole nitrogens is 1. The fourth-order valence-corrected chi connectivity index (χ4v) is 3.65. The van der Waals surface area contributed by atoms with Crippen LogP contribution in [0.25, 0.3) is 17.1 Å². The van der Waals surface area contributed by atoms with E-state index in [9.17, 15) is 23.8 Å². The molecule has 0 aliphatic rings. The highest BCUT2D eigenvalue weighted by Gasteiger charge is 2.19. The van der Waals surface area contributed by atoms with E-state index in [2.05, 4.69) is 10.2 Å². The predicted molar refractivity (Wildman–Crippen MR) is 121 cm³/mol. The van der Waals surface area contributed by atoms with E-state index in [-0.39, 0.29) is 41.3 Å². The van der Waals surface area contributed by atoms with Crippen molar-refractivity contribution in [1.82, 2.24) is 14.8 Å².